The van der Waals surface area contributed by atoms with Crippen LogP contribution in [0.5, 0.6) is 5.75 Å². The SMILES string of the molecule is CN(C)C=NC(=O)c1ccc(O)cc1. The van der Waals surface area contributed by atoms with Crippen molar-refractivity contribution in [1.29, 1.82) is 0 Å². The van der Waals surface area contributed by atoms with E-state index in [-0.39, 0.29) is 11.7 Å². The standard InChI is InChI=1S/C10H12N2O2/c1-12(2)7-11-10(14)8-3-5-9(13)6-4-8/h3-7,13H,1-2H3. The molecule has 0 heterocycles. The maximum absolute atomic E-state index is 11.4. The highest BCUT2D eigenvalue weighted by atomic mass is 16.3. The summed E-state index contributed by atoms with van der Waals surface area (Å²) < 4.78 is 0. The quantitative estimate of drug-likeness (QED) is 0.564. The molecule has 1 rings (SSSR count). The topological polar surface area (TPSA) is 52.9 Å². The van der Waals surface area contributed by atoms with Crippen molar-refractivity contribution in [2.75, 3.05) is 14.1 Å². The molecule has 0 aliphatic heterocycles. The number of phenols is 1. The van der Waals surface area contributed by atoms with Crippen LogP contribution in [0.25, 0.3) is 0 Å². The Bertz CT molecular complexity index is 342. The molecule has 0 aliphatic rings. The molecule has 4 nitrogen and oxygen atoms in total. The Kier molecular flexibility index (Phi) is 3.23. The molecule has 1 aromatic rings. The fourth-order valence-corrected chi connectivity index (χ4v) is 0.846. The highest BCUT2D eigenvalue weighted by Crippen LogP contribution is 2.10. The first-order valence-corrected chi connectivity index (χ1v) is 4.13. The van der Waals surface area contributed by atoms with E-state index >= 15 is 0 Å². The first-order chi connectivity index (χ1) is 6.59. The zero-order valence-electron chi connectivity index (χ0n) is 8.14. The van der Waals surface area contributed by atoms with Crippen molar-refractivity contribution in [3.05, 3.63) is 29.8 Å². The molecule has 0 fully saturated rings. The second-order valence-corrected chi connectivity index (χ2v) is 3.06. The molecule has 0 spiro atoms. The smallest absolute Gasteiger partial charge is 0.278 e. The minimum atomic E-state index is -0.321. The van der Waals surface area contributed by atoms with Gasteiger partial charge in [-0.15, -0.1) is 0 Å². The average molecular weight is 192 g/mol. The first kappa shape index (κ1) is 10.2. The summed E-state index contributed by atoms with van der Waals surface area (Å²) in [4.78, 5) is 16.7. The van der Waals surface area contributed by atoms with Gasteiger partial charge in [0, 0.05) is 19.7 Å². The molecule has 1 aromatic carbocycles. The second kappa shape index (κ2) is 4.41. The number of aliphatic imine (C=N–C) groups is 1. The van der Waals surface area contributed by atoms with E-state index in [1.807, 2.05) is 0 Å². The van der Waals surface area contributed by atoms with Crippen molar-refractivity contribution < 1.29 is 9.90 Å². The Balaban J connectivity index is 2.75. The van der Waals surface area contributed by atoms with E-state index in [1.165, 1.54) is 30.6 Å². The van der Waals surface area contributed by atoms with E-state index in [0.29, 0.717) is 5.56 Å². The summed E-state index contributed by atoms with van der Waals surface area (Å²) in [6, 6.07) is 5.98. The minimum Gasteiger partial charge on any atom is -0.508 e. The van der Waals surface area contributed by atoms with Crippen molar-refractivity contribution in [3.63, 3.8) is 0 Å². The van der Waals surface area contributed by atoms with Gasteiger partial charge in [0.2, 0.25) is 0 Å². The van der Waals surface area contributed by atoms with Gasteiger partial charge in [0.25, 0.3) is 5.91 Å². The van der Waals surface area contributed by atoms with Crippen LogP contribution in [-0.4, -0.2) is 36.3 Å². The average Bonchev–Trinajstić information content (AvgIpc) is 2.15. The highest BCUT2D eigenvalue weighted by molar-refractivity contribution is 5.98. The summed E-state index contributed by atoms with van der Waals surface area (Å²) in [5.74, 6) is -0.183. The number of phenolic OH excluding ortho intramolecular Hbond substituents is 1. The van der Waals surface area contributed by atoms with Crippen molar-refractivity contribution in [2.45, 2.75) is 0 Å². The van der Waals surface area contributed by atoms with Gasteiger partial charge in [0.1, 0.15) is 5.75 Å². The summed E-state index contributed by atoms with van der Waals surface area (Å²) in [5, 5.41) is 9.00. The molecule has 1 N–H and O–H groups in total. The van der Waals surface area contributed by atoms with Crippen LogP contribution in [-0.2, 0) is 0 Å². The molecular weight excluding hydrogens is 180 g/mol. The predicted molar refractivity (Wildman–Crippen MR) is 54.6 cm³/mol. The Labute approximate surface area is 82.5 Å². The Morgan fingerprint density at radius 2 is 1.93 bits per heavy atom. The largest absolute Gasteiger partial charge is 0.508 e. The highest BCUT2D eigenvalue weighted by Gasteiger charge is 2.01. The van der Waals surface area contributed by atoms with Crippen LogP contribution in [0.15, 0.2) is 29.3 Å². The van der Waals surface area contributed by atoms with Gasteiger partial charge in [0.15, 0.2) is 0 Å². The monoisotopic (exact) mass is 192 g/mol. The van der Waals surface area contributed by atoms with Crippen molar-refractivity contribution in [3.8, 4) is 5.75 Å². The summed E-state index contributed by atoms with van der Waals surface area (Å²) in [5.41, 5.74) is 0.459. The summed E-state index contributed by atoms with van der Waals surface area (Å²) in [6.07, 6.45) is 1.44. The van der Waals surface area contributed by atoms with Crippen molar-refractivity contribution in [2.24, 2.45) is 4.99 Å². The molecule has 74 valence electrons. The third kappa shape index (κ3) is 2.90. The minimum absolute atomic E-state index is 0.137. The molecule has 0 unspecified atom stereocenters. The molecule has 0 aromatic heterocycles. The lowest BCUT2D eigenvalue weighted by atomic mass is 10.2. The summed E-state index contributed by atoms with van der Waals surface area (Å²) >= 11 is 0. The van der Waals surface area contributed by atoms with Crippen LogP contribution in [0.1, 0.15) is 10.4 Å². The maximum Gasteiger partial charge on any atom is 0.278 e. The maximum atomic E-state index is 11.4. The number of nitrogens with zero attached hydrogens (tertiary/aromatic N) is 2. The van der Waals surface area contributed by atoms with Gasteiger partial charge in [-0.1, -0.05) is 0 Å². The molecule has 0 aliphatic carbocycles. The fraction of sp³-hybridized carbons (Fsp3) is 0.200. The molecule has 0 saturated carbocycles. The van der Waals surface area contributed by atoms with Crippen LogP contribution < -0.4 is 0 Å². The van der Waals surface area contributed by atoms with Crippen LogP contribution in [0.4, 0.5) is 0 Å². The number of benzene rings is 1. The van der Waals surface area contributed by atoms with Gasteiger partial charge in [-0.05, 0) is 24.3 Å². The predicted octanol–water partition coefficient (Wildman–Crippen LogP) is 1.12. The normalized spacial score (nSPS) is 10.4. The lowest BCUT2D eigenvalue weighted by Crippen LogP contribution is -2.09. The number of rotatable bonds is 2. The van der Waals surface area contributed by atoms with Crippen molar-refractivity contribution >= 4 is 12.2 Å². The number of carbonyl (C=O) groups is 1. The van der Waals surface area contributed by atoms with Gasteiger partial charge in [-0.3, -0.25) is 4.79 Å². The van der Waals surface area contributed by atoms with Crippen LogP contribution in [0.3, 0.4) is 0 Å². The first-order valence-electron chi connectivity index (χ1n) is 4.13. The Morgan fingerprint density at radius 1 is 1.36 bits per heavy atom. The molecule has 0 radical (unpaired) electrons. The lowest BCUT2D eigenvalue weighted by molar-refractivity contribution is 0.100. The number of carbonyl (C=O) groups excluding carboxylic acids is 1. The molecule has 1 amide bonds. The van der Waals surface area contributed by atoms with Crippen LogP contribution in [0.2, 0.25) is 0 Å². The van der Waals surface area contributed by atoms with E-state index < -0.39 is 0 Å². The Morgan fingerprint density at radius 3 is 2.43 bits per heavy atom. The number of aromatic hydroxyl groups is 1. The number of amides is 1. The van der Waals surface area contributed by atoms with Gasteiger partial charge in [0.05, 0.1) is 6.34 Å². The summed E-state index contributed by atoms with van der Waals surface area (Å²) in [7, 11) is 3.57. The van der Waals surface area contributed by atoms with Gasteiger partial charge >= 0.3 is 0 Å². The summed E-state index contributed by atoms with van der Waals surface area (Å²) in [6.45, 7) is 0. The zero-order valence-corrected chi connectivity index (χ0v) is 8.14. The molecule has 14 heavy (non-hydrogen) atoms. The van der Waals surface area contributed by atoms with E-state index in [1.54, 1.807) is 19.0 Å². The Hall–Kier alpha value is -1.84. The van der Waals surface area contributed by atoms with E-state index in [9.17, 15) is 4.79 Å². The van der Waals surface area contributed by atoms with Gasteiger partial charge < -0.3 is 10.0 Å². The fourth-order valence-electron chi connectivity index (χ4n) is 0.846. The molecule has 0 bridgehead atoms. The number of hydrogen-bond acceptors (Lipinski definition) is 2. The van der Waals surface area contributed by atoms with Gasteiger partial charge in [-0.25, -0.2) is 0 Å². The van der Waals surface area contributed by atoms with E-state index in [4.69, 9.17) is 5.11 Å². The van der Waals surface area contributed by atoms with E-state index in [0.717, 1.165) is 0 Å². The third-order valence-corrected chi connectivity index (χ3v) is 1.52. The van der Waals surface area contributed by atoms with E-state index in [2.05, 4.69) is 4.99 Å². The van der Waals surface area contributed by atoms with Crippen molar-refractivity contribution in [1.82, 2.24) is 4.90 Å². The number of hydrogen-bond donors (Lipinski definition) is 1. The van der Waals surface area contributed by atoms with Gasteiger partial charge in [-0.2, -0.15) is 4.99 Å². The van der Waals surface area contributed by atoms with Crippen LogP contribution in [0, 0.1) is 0 Å². The lowest BCUT2D eigenvalue weighted by Gasteiger charge is -2.01. The third-order valence-electron chi connectivity index (χ3n) is 1.52. The second-order valence-electron chi connectivity index (χ2n) is 3.06. The van der Waals surface area contributed by atoms with Crippen LogP contribution >= 0.6 is 0 Å². The molecule has 0 atom stereocenters. The molecular formula is C10H12N2O2. The molecule has 0 saturated heterocycles. The zero-order chi connectivity index (χ0) is 10.6. The molecule has 4 heteroatoms.